The van der Waals surface area contributed by atoms with Gasteiger partial charge in [-0.25, -0.2) is 17.9 Å². The molecule has 1 unspecified atom stereocenters. The molecule has 0 saturated carbocycles. The fourth-order valence-electron chi connectivity index (χ4n) is 1.42. The van der Waals surface area contributed by atoms with Gasteiger partial charge in [-0.3, -0.25) is 0 Å². The summed E-state index contributed by atoms with van der Waals surface area (Å²) in [7, 11) is -1.88. The molecule has 6 nitrogen and oxygen atoms in total. The normalized spacial score (nSPS) is 12.3. The van der Waals surface area contributed by atoms with E-state index in [1.807, 2.05) is 6.92 Å². The smallest absolute Gasteiger partial charge is 0.338 e. The lowest BCUT2D eigenvalue weighted by Crippen LogP contribution is -2.37. The second-order valence-corrected chi connectivity index (χ2v) is 6.06. The molecule has 1 aromatic carbocycles. The largest absolute Gasteiger partial charge is 0.462 e. The molecule has 0 aromatic heterocycles. The maximum atomic E-state index is 12.1. The molecule has 0 fully saturated rings. The van der Waals surface area contributed by atoms with Crippen LogP contribution in [-0.2, 0) is 14.8 Å². The lowest BCUT2D eigenvalue weighted by molar-refractivity contribution is 0.0526. The highest BCUT2D eigenvalue weighted by molar-refractivity contribution is 7.89. The minimum atomic E-state index is -3.63. The molecule has 0 aliphatic heterocycles. The van der Waals surface area contributed by atoms with Gasteiger partial charge in [-0.1, -0.05) is 6.07 Å². The van der Waals surface area contributed by atoms with Crippen molar-refractivity contribution in [3.63, 3.8) is 0 Å². The van der Waals surface area contributed by atoms with Crippen molar-refractivity contribution in [1.29, 1.82) is 0 Å². The van der Waals surface area contributed by atoms with Crippen LogP contribution in [0.4, 0.5) is 0 Å². The monoisotopic (exact) mass is 336 g/mol. The minimum Gasteiger partial charge on any atom is -0.462 e. The number of carbonyl (C=O) groups excluding carboxylic acids is 1. The van der Waals surface area contributed by atoms with Crippen molar-refractivity contribution in [2.24, 2.45) is 0 Å². The van der Waals surface area contributed by atoms with E-state index in [0.717, 1.165) is 0 Å². The fourth-order valence-corrected chi connectivity index (χ4v) is 2.60. The third-order valence-electron chi connectivity index (χ3n) is 2.73. The Kier molecular flexibility index (Phi) is 8.50. The van der Waals surface area contributed by atoms with Crippen molar-refractivity contribution < 1.29 is 17.9 Å². The van der Waals surface area contributed by atoms with Gasteiger partial charge in [-0.15, -0.1) is 12.4 Å². The summed E-state index contributed by atoms with van der Waals surface area (Å²) in [4.78, 5) is 11.6. The first-order valence-electron chi connectivity index (χ1n) is 6.34. The first kappa shape index (κ1) is 19.9. The summed E-state index contributed by atoms with van der Waals surface area (Å²) in [6, 6.07) is 5.80. The Hall–Kier alpha value is -1.15. The second kappa shape index (κ2) is 8.99. The number of ether oxygens (including phenoxy) is 1. The van der Waals surface area contributed by atoms with E-state index < -0.39 is 16.0 Å². The molecule has 21 heavy (non-hydrogen) atoms. The zero-order chi connectivity index (χ0) is 15.2. The zero-order valence-electron chi connectivity index (χ0n) is 12.3. The van der Waals surface area contributed by atoms with Crippen LogP contribution >= 0.6 is 12.4 Å². The Bertz CT molecular complexity index is 563. The Morgan fingerprint density at radius 2 is 2.05 bits per heavy atom. The van der Waals surface area contributed by atoms with Crippen LogP contribution in [0.1, 0.15) is 24.2 Å². The molecule has 120 valence electrons. The predicted octanol–water partition coefficient (Wildman–Crippen LogP) is 1.17. The van der Waals surface area contributed by atoms with E-state index in [1.54, 1.807) is 14.0 Å². The van der Waals surface area contributed by atoms with Crippen LogP contribution in [0.25, 0.3) is 0 Å². The molecule has 8 heteroatoms. The highest BCUT2D eigenvalue weighted by Crippen LogP contribution is 2.12. The van der Waals surface area contributed by atoms with Crippen LogP contribution in [0.2, 0.25) is 0 Å². The van der Waals surface area contributed by atoms with Crippen LogP contribution in [-0.4, -0.2) is 40.6 Å². The van der Waals surface area contributed by atoms with Gasteiger partial charge >= 0.3 is 5.97 Å². The van der Waals surface area contributed by atoms with E-state index in [4.69, 9.17) is 4.74 Å². The van der Waals surface area contributed by atoms with Crippen molar-refractivity contribution in [1.82, 2.24) is 10.0 Å². The first-order chi connectivity index (χ1) is 9.40. The quantitative estimate of drug-likeness (QED) is 0.730. The van der Waals surface area contributed by atoms with Gasteiger partial charge in [0.15, 0.2) is 0 Å². The van der Waals surface area contributed by atoms with Crippen molar-refractivity contribution in [2.45, 2.75) is 24.8 Å². The van der Waals surface area contributed by atoms with Crippen molar-refractivity contribution >= 4 is 28.4 Å². The minimum absolute atomic E-state index is 0. The Labute approximate surface area is 131 Å². The van der Waals surface area contributed by atoms with Gasteiger partial charge in [-0.2, -0.15) is 0 Å². The van der Waals surface area contributed by atoms with Gasteiger partial charge < -0.3 is 10.1 Å². The molecule has 0 aliphatic rings. The van der Waals surface area contributed by atoms with Crippen LogP contribution in [0.3, 0.4) is 0 Å². The van der Waals surface area contributed by atoms with Crippen LogP contribution in [0.5, 0.6) is 0 Å². The van der Waals surface area contributed by atoms with Crippen LogP contribution in [0, 0.1) is 0 Å². The van der Waals surface area contributed by atoms with Gasteiger partial charge in [0, 0.05) is 12.6 Å². The fraction of sp³-hybridized carbons (Fsp3) is 0.462. The summed E-state index contributed by atoms with van der Waals surface area (Å²) < 4.78 is 31.5. The molecule has 2 N–H and O–H groups in total. The highest BCUT2D eigenvalue weighted by Gasteiger charge is 2.17. The number of sulfonamides is 1. The number of benzene rings is 1. The molecule has 0 aliphatic carbocycles. The molecular formula is C13H21ClN2O4S. The Morgan fingerprint density at radius 3 is 2.62 bits per heavy atom. The molecule has 1 rings (SSSR count). The molecule has 1 atom stereocenters. The van der Waals surface area contributed by atoms with Crippen LogP contribution in [0.15, 0.2) is 29.2 Å². The third-order valence-corrected chi connectivity index (χ3v) is 4.15. The number of likely N-dealkylation sites (N-methyl/N-ethyl adjacent to an activating group) is 1. The number of hydrogen-bond donors (Lipinski definition) is 2. The number of esters is 1. The van der Waals surface area contributed by atoms with Crippen LogP contribution < -0.4 is 10.0 Å². The zero-order valence-corrected chi connectivity index (χ0v) is 13.9. The number of halogens is 1. The molecule has 1 aromatic rings. The summed E-state index contributed by atoms with van der Waals surface area (Å²) in [6.45, 7) is 4.06. The molecule has 0 saturated heterocycles. The number of rotatable bonds is 7. The van der Waals surface area contributed by atoms with Gasteiger partial charge in [-0.05, 0) is 39.1 Å². The van der Waals surface area contributed by atoms with Crippen molar-refractivity contribution in [2.75, 3.05) is 20.2 Å². The van der Waals surface area contributed by atoms with E-state index >= 15 is 0 Å². The summed E-state index contributed by atoms with van der Waals surface area (Å²) in [5.74, 6) is -0.534. The van der Waals surface area contributed by atoms with E-state index in [9.17, 15) is 13.2 Å². The first-order valence-corrected chi connectivity index (χ1v) is 7.83. The topological polar surface area (TPSA) is 84.5 Å². The summed E-state index contributed by atoms with van der Waals surface area (Å²) >= 11 is 0. The molecular weight excluding hydrogens is 316 g/mol. The van der Waals surface area contributed by atoms with Gasteiger partial charge in [0.2, 0.25) is 10.0 Å². The lowest BCUT2D eigenvalue weighted by Gasteiger charge is -2.12. The predicted molar refractivity (Wildman–Crippen MR) is 83.4 cm³/mol. The average molecular weight is 337 g/mol. The number of nitrogens with one attached hydrogen (secondary N) is 2. The number of carbonyl (C=O) groups is 1. The average Bonchev–Trinajstić information content (AvgIpc) is 2.45. The van der Waals surface area contributed by atoms with Crippen molar-refractivity contribution in [3.8, 4) is 0 Å². The molecule has 0 radical (unpaired) electrons. The standard InChI is InChI=1S/C13H20N2O4S.ClH/c1-4-19-13(16)11-6-5-7-12(8-11)20(17,18)15-9-10(2)14-3;/h5-8,10,14-15H,4,9H2,1-3H3;1H. The third kappa shape index (κ3) is 6.01. The van der Waals surface area contributed by atoms with Gasteiger partial charge in [0.25, 0.3) is 0 Å². The molecule has 0 spiro atoms. The maximum absolute atomic E-state index is 12.1. The number of hydrogen-bond acceptors (Lipinski definition) is 5. The van der Waals surface area contributed by atoms with Gasteiger partial charge in [0.1, 0.15) is 0 Å². The summed E-state index contributed by atoms with van der Waals surface area (Å²) in [5, 5.41) is 2.93. The Morgan fingerprint density at radius 1 is 1.38 bits per heavy atom. The lowest BCUT2D eigenvalue weighted by atomic mass is 10.2. The second-order valence-electron chi connectivity index (χ2n) is 4.29. The van der Waals surface area contributed by atoms with Gasteiger partial charge in [0.05, 0.1) is 17.1 Å². The summed E-state index contributed by atoms with van der Waals surface area (Å²) in [5.41, 5.74) is 0.219. The van der Waals surface area contributed by atoms with E-state index in [-0.39, 0.29) is 42.1 Å². The molecule has 0 bridgehead atoms. The Balaban J connectivity index is 0.00000400. The summed E-state index contributed by atoms with van der Waals surface area (Å²) in [6.07, 6.45) is 0. The van der Waals surface area contributed by atoms with E-state index in [1.165, 1.54) is 24.3 Å². The molecule has 0 amide bonds. The molecule has 0 heterocycles. The SMILES string of the molecule is CCOC(=O)c1cccc(S(=O)(=O)NCC(C)NC)c1.Cl. The van der Waals surface area contributed by atoms with Crippen molar-refractivity contribution in [3.05, 3.63) is 29.8 Å². The maximum Gasteiger partial charge on any atom is 0.338 e. The van der Waals surface area contributed by atoms with E-state index in [2.05, 4.69) is 10.0 Å². The van der Waals surface area contributed by atoms with E-state index in [0.29, 0.717) is 0 Å². The highest BCUT2D eigenvalue weighted by atomic mass is 35.5.